The van der Waals surface area contributed by atoms with E-state index in [4.69, 9.17) is 0 Å². The lowest BCUT2D eigenvalue weighted by atomic mass is 10.0. The third kappa shape index (κ3) is 11.5. The van der Waals surface area contributed by atoms with Crippen LogP contribution in [-0.2, 0) is 22.7 Å². The summed E-state index contributed by atoms with van der Waals surface area (Å²) >= 11 is 0. The van der Waals surface area contributed by atoms with Crippen LogP contribution in [0.3, 0.4) is 0 Å². The van der Waals surface area contributed by atoms with Gasteiger partial charge in [-0.3, -0.25) is 25.4 Å². The maximum absolute atomic E-state index is 13.5. The lowest BCUT2D eigenvalue weighted by molar-refractivity contribution is -0.132. The number of hydrogen-bond donors (Lipinski definition) is 3. The maximum Gasteiger partial charge on any atom is 0.223 e. The van der Waals surface area contributed by atoms with Crippen molar-refractivity contribution in [2.45, 2.75) is 71.4 Å². The van der Waals surface area contributed by atoms with Crippen molar-refractivity contribution in [1.82, 2.24) is 4.90 Å². The molecule has 3 aromatic carbocycles. The highest BCUT2D eigenvalue weighted by Crippen LogP contribution is 2.29. The Morgan fingerprint density at radius 1 is 0.814 bits per heavy atom. The second kappa shape index (κ2) is 17.6. The van der Waals surface area contributed by atoms with Crippen LogP contribution < -0.4 is 15.9 Å². The van der Waals surface area contributed by atoms with Gasteiger partial charge < -0.3 is 20.5 Å². The van der Waals surface area contributed by atoms with E-state index in [9.17, 15) is 30.4 Å². The summed E-state index contributed by atoms with van der Waals surface area (Å²) in [6.45, 7) is 2.94. The predicted octanol–water partition coefficient (Wildman–Crippen LogP) is 6.78. The van der Waals surface area contributed by atoms with Gasteiger partial charge in [0.05, 0.1) is 5.69 Å². The largest absolute Gasteiger partial charge is 0.769 e. The normalized spacial score (nSPS) is 11.2. The Kier molecular flexibility index (Phi) is 13.6. The van der Waals surface area contributed by atoms with Crippen LogP contribution in [0.1, 0.15) is 69.4 Å². The maximum atomic E-state index is 13.5. The van der Waals surface area contributed by atoms with Gasteiger partial charge in [0.25, 0.3) is 0 Å². The lowest BCUT2D eigenvalue weighted by Gasteiger charge is -2.37. The van der Waals surface area contributed by atoms with Gasteiger partial charge >= 0.3 is 0 Å². The lowest BCUT2D eigenvalue weighted by Crippen LogP contribution is -2.30. The number of amides is 1. The van der Waals surface area contributed by atoms with Crippen LogP contribution in [-0.4, -0.2) is 32.7 Å². The van der Waals surface area contributed by atoms with Crippen molar-refractivity contribution in [2.75, 3.05) is 15.9 Å². The van der Waals surface area contributed by atoms with Gasteiger partial charge in [0.2, 0.25) is 5.91 Å². The molecular weight excluding hydrogens is 550 g/mol. The average molecular weight is 590 g/mol. The van der Waals surface area contributed by atoms with Crippen molar-refractivity contribution in [3.8, 4) is 0 Å². The topological polar surface area (TPSA) is 155 Å². The minimum absolute atomic E-state index is 0.00982. The van der Waals surface area contributed by atoms with E-state index in [0.29, 0.717) is 25.2 Å². The summed E-state index contributed by atoms with van der Waals surface area (Å²) in [4.78, 5) is 28.1. The molecule has 0 atom stereocenters. The molecule has 0 unspecified atom stereocenters. The highest BCUT2D eigenvalue weighted by atomic mass is 16.8. The quantitative estimate of drug-likeness (QED) is 0.0827. The van der Waals surface area contributed by atoms with Crippen molar-refractivity contribution < 1.29 is 20.0 Å². The summed E-state index contributed by atoms with van der Waals surface area (Å²) in [6.07, 6.45) is 4.53. The van der Waals surface area contributed by atoms with E-state index in [1.165, 1.54) is 12.1 Å². The molecule has 3 N–H and O–H groups in total. The molecule has 0 saturated heterocycles. The highest BCUT2D eigenvalue weighted by molar-refractivity contribution is 6.03. The molecule has 0 aliphatic heterocycles. The zero-order chi connectivity index (χ0) is 31.0. The number of ketones is 1. The summed E-state index contributed by atoms with van der Waals surface area (Å²) in [5, 5.41) is 45.0. The van der Waals surface area contributed by atoms with E-state index in [1.54, 1.807) is 4.90 Å². The number of rotatable bonds is 18. The number of carbonyl (C=O) groups excluding carboxylic acids is 2. The van der Waals surface area contributed by atoms with Gasteiger partial charge in [0, 0.05) is 43.8 Å². The Balaban J connectivity index is 1.78. The minimum Gasteiger partial charge on any atom is -0.769 e. The fourth-order valence-electron chi connectivity index (χ4n) is 4.53. The van der Waals surface area contributed by atoms with E-state index in [-0.39, 0.29) is 53.2 Å². The number of nitrogens with one attached hydrogen (secondary N) is 1. The molecule has 0 saturated carbocycles. The van der Waals surface area contributed by atoms with E-state index in [2.05, 4.69) is 17.5 Å². The SMILES string of the molecule is CCCCCCC(=O)C/C(CCC(=O)N(Cc1ccccc1)Cc1ccccc1)=N\Nc1ccc(N([O-])[O-])cc1N(O)O. The summed E-state index contributed by atoms with van der Waals surface area (Å²) in [7, 11) is 0. The van der Waals surface area contributed by atoms with Crippen molar-refractivity contribution in [3.63, 3.8) is 0 Å². The van der Waals surface area contributed by atoms with Crippen LogP contribution in [0, 0.1) is 10.4 Å². The molecule has 0 fully saturated rings. The molecule has 0 spiro atoms. The monoisotopic (exact) mass is 589 g/mol. The average Bonchev–Trinajstić information content (AvgIpc) is 3.01. The number of hydrazone groups is 1. The molecule has 230 valence electrons. The molecule has 0 radical (unpaired) electrons. The van der Waals surface area contributed by atoms with Crippen LogP contribution in [0.15, 0.2) is 84.0 Å². The Morgan fingerprint density at radius 3 is 2.00 bits per heavy atom. The number of carbonyl (C=O) groups is 2. The van der Waals surface area contributed by atoms with E-state index < -0.39 is 5.23 Å². The molecular formula is C32H39N5O6-2. The Bertz CT molecular complexity index is 1280. The van der Waals surface area contributed by atoms with Gasteiger partial charge in [-0.2, -0.15) is 5.10 Å². The fraction of sp³-hybridized carbons (Fsp3) is 0.344. The summed E-state index contributed by atoms with van der Waals surface area (Å²) in [5.41, 5.74) is 4.54. The predicted molar refractivity (Wildman–Crippen MR) is 168 cm³/mol. The molecule has 0 bridgehead atoms. The van der Waals surface area contributed by atoms with Crippen molar-refractivity contribution in [2.24, 2.45) is 5.10 Å². The number of unbranched alkanes of at least 4 members (excludes halogenated alkanes) is 3. The Hall–Kier alpha value is -4.29. The fourth-order valence-corrected chi connectivity index (χ4v) is 4.53. The first-order chi connectivity index (χ1) is 20.8. The van der Waals surface area contributed by atoms with Crippen LogP contribution >= 0.6 is 0 Å². The molecule has 0 aromatic heterocycles. The van der Waals surface area contributed by atoms with Crippen molar-refractivity contribution >= 4 is 34.5 Å². The van der Waals surface area contributed by atoms with E-state index in [0.717, 1.165) is 42.9 Å². The standard InChI is InChI=1S/C32H39N5O6/c1-2-3-4-11-16-29(38)21-27(33-34-30-19-18-28(36(40)41)22-31(30)37(42)43)17-20-32(39)35(23-25-12-7-5-8-13-25)24-26-14-9-6-10-15-26/h5-10,12-15,18-19,22,34,42-43H,2-4,11,16-17,20-21,23-24H2,1H3/q-2/b33-27-. The number of benzene rings is 3. The van der Waals surface area contributed by atoms with Gasteiger partial charge in [-0.25, -0.2) is 0 Å². The number of Topliss-reactive ketones (excluding diaryl/α,β-unsaturated/α-hetero) is 1. The second-order valence-electron chi connectivity index (χ2n) is 10.3. The smallest absolute Gasteiger partial charge is 0.223 e. The number of anilines is 3. The summed E-state index contributed by atoms with van der Waals surface area (Å²) in [6, 6.07) is 22.9. The molecule has 3 rings (SSSR count). The van der Waals surface area contributed by atoms with Gasteiger partial charge in [-0.15, -0.1) is 5.23 Å². The third-order valence-corrected chi connectivity index (χ3v) is 6.87. The van der Waals surface area contributed by atoms with E-state index >= 15 is 0 Å². The molecule has 0 aliphatic carbocycles. The van der Waals surface area contributed by atoms with Crippen LogP contribution in [0.2, 0.25) is 0 Å². The van der Waals surface area contributed by atoms with Gasteiger partial charge in [0.1, 0.15) is 11.5 Å². The molecule has 11 nitrogen and oxygen atoms in total. The Morgan fingerprint density at radius 2 is 1.44 bits per heavy atom. The molecule has 43 heavy (non-hydrogen) atoms. The third-order valence-electron chi connectivity index (χ3n) is 6.87. The Labute approximate surface area is 252 Å². The van der Waals surface area contributed by atoms with Gasteiger partial charge in [-0.05, 0) is 42.2 Å². The van der Waals surface area contributed by atoms with E-state index in [1.807, 2.05) is 60.7 Å². The zero-order valence-corrected chi connectivity index (χ0v) is 24.4. The first-order valence-corrected chi connectivity index (χ1v) is 14.4. The summed E-state index contributed by atoms with van der Waals surface area (Å²) in [5.74, 6) is -0.117. The highest BCUT2D eigenvalue weighted by Gasteiger charge is 2.18. The first kappa shape index (κ1) is 33.2. The van der Waals surface area contributed by atoms with Crippen LogP contribution in [0.25, 0.3) is 0 Å². The molecule has 1 amide bonds. The first-order valence-electron chi connectivity index (χ1n) is 14.4. The molecule has 0 heterocycles. The van der Waals surface area contributed by atoms with Crippen molar-refractivity contribution in [1.29, 1.82) is 0 Å². The number of nitrogens with zero attached hydrogens (tertiary/aromatic N) is 4. The molecule has 0 aliphatic rings. The van der Waals surface area contributed by atoms with Crippen LogP contribution in [0.4, 0.5) is 17.1 Å². The summed E-state index contributed by atoms with van der Waals surface area (Å²) < 4.78 is 0. The van der Waals surface area contributed by atoms with Crippen LogP contribution in [0.5, 0.6) is 0 Å². The van der Waals surface area contributed by atoms with Gasteiger partial charge in [0.15, 0.2) is 0 Å². The molecule has 11 heteroatoms. The second-order valence-corrected chi connectivity index (χ2v) is 10.3. The zero-order valence-electron chi connectivity index (χ0n) is 24.4. The minimum atomic E-state index is -0.662. The van der Waals surface area contributed by atoms with Crippen molar-refractivity contribution in [3.05, 3.63) is 100 Å². The molecule has 3 aromatic rings. The van der Waals surface area contributed by atoms with Gasteiger partial charge in [-0.1, -0.05) is 86.8 Å². The number of hydrogen-bond acceptors (Lipinski definition) is 10.